The molecule has 7 heterocycles. The molecular weight excluding hydrogens is 1320 g/mol. The van der Waals surface area contributed by atoms with Crippen LogP contribution in [0.3, 0.4) is 0 Å². The minimum Gasteiger partial charge on any atom is -0.477 e. The summed E-state index contributed by atoms with van der Waals surface area (Å²) in [6, 6.07) is -7.03. The summed E-state index contributed by atoms with van der Waals surface area (Å²) >= 11 is 0. The van der Waals surface area contributed by atoms with E-state index in [-0.39, 0.29) is 0 Å². The zero-order chi connectivity index (χ0) is 71.3. The van der Waals surface area contributed by atoms with E-state index in [1.165, 1.54) is 0 Å². The zero-order valence-electron chi connectivity index (χ0n) is 51.6. The van der Waals surface area contributed by atoms with E-state index in [9.17, 15) is 131 Å². The Hall–Kier alpha value is -3.97. The largest absolute Gasteiger partial charge is 0.477 e. The Bertz CT molecular complexity index is 2540. The molecule has 7 aliphatic rings. The number of carboxylic acid groups (broad SMARTS) is 1. The highest BCUT2D eigenvalue weighted by Crippen LogP contribution is 2.40. The Morgan fingerprint density at radius 1 is 0.427 bits per heavy atom. The maximum absolute atomic E-state index is 13.1. The first kappa shape index (κ1) is 79.4. The van der Waals surface area contributed by atoms with E-state index in [0.717, 1.165) is 27.7 Å². The fourth-order valence-electron chi connectivity index (χ4n) is 12.2. The van der Waals surface area contributed by atoms with Gasteiger partial charge in [-0.05, 0) is 0 Å². The molecule has 7 fully saturated rings. The summed E-state index contributed by atoms with van der Waals surface area (Å²) in [4.78, 5) is 62.9. The third kappa shape index (κ3) is 17.5. The summed E-state index contributed by atoms with van der Waals surface area (Å²) in [6.45, 7) is -3.50. The Balaban J connectivity index is 1.08. The number of aliphatic hydroxyl groups excluding tert-OH is 20. The van der Waals surface area contributed by atoms with Crippen LogP contribution in [0.1, 0.15) is 34.1 Å². The van der Waals surface area contributed by atoms with Gasteiger partial charge in [0.15, 0.2) is 37.7 Å². The van der Waals surface area contributed by atoms with Gasteiger partial charge in [0.05, 0.1) is 58.4 Å². The number of ether oxygens (including phenoxy) is 13. The van der Waals surface area contributed by atoms with Gasteiger partial charge in [-0.2, -0.15) is 0 Å². The number of aliphatic hydroxyl groups is 20. The second-order valence-corrected chi connectivity index (χ2v) is 24.0. The molecule has 0 aromatic heterocycles. The lowest BCUT2D eigenvalue weighted by atomic mass is 9.88. The van der Waals surface area contributed by atoms with Crippen LogP contribution in [0.4, 0.5) is 0 Å². The van der Waals surface area contributed by atoms with Crippen LogP contribution in [0.2, 0.25) is 0 Å². The minimum absolute atomic E-state index is 0.788. The van der Waals surface area contributed by atoms with E-state index in [4.69, 9.17) is 61.6 Å². The molecule has 25 N–H and O–H groups in total. The van der Waals surface area contributed by atoms with Crippen LogP contribution < -0.4 is 21.3 Å². The molecule has 0 aromatic rings. The second-order valence-electron chi connectivity index (χ2n) is 24.0. The molecule has 554 valence electrons. The van der Waals surface area contributed by atoms with Crippen LogP contribution in [0.15, 0.2) is 0 Å². The van der Waals surface area contributed by atoms with E-state index in [2.05, 4.69) is 21.3 Å². The highest BCUT2D eigenvalue weighted by molar-refractivity contribution is 5.77. The fourth-order valence-corrected chi connectivity index (χ4v) is 12.2. The lowest BCUT2D eigenvalue weighted by Crippen LogP contribution is -2.71. The van der Waals surface area contributed by atoms with Gasteiger partial charge in [-0.25, -0.2) is 4.79 Å². The van der Waals surface area contributed by atoms with Crippen LogP contribution in [0.5, 0.6) is 0 Å². The number of hydrogen-bond donors (Lipinski definition) is 25. The lowest BCUT2D eigenvalue weighted by Gasteiger charge is -2.51. The average molecular weight is 1410 g/mol. The summed E-state index contributed by atoms with van der Waals surface area (Å²) in [5, 5.41) is 238. The van der Waals surface area contributed by atoms with Crippen molar-refractivity contribution in [3.05, 3.63) is 0 Å². The third-order valence-corrected chi connectivity index (χ3v) is 17.1. The summed E-state index contributed by atoms with van der Waals surface area (Å²) in [7, 11) is 0. The monoisotopic (exact) mass is 1400 g/mol. The molecule has 7 aliphatic heterocycles. The van der Waals surface area contributed by atoms with Crippen molar-refractivity contribution in [3.63, 3.8) is 0 Å². The highest BCUT2D eigenvalue weighted by Gasteiger charge is 2.62. The minimum atomic E-state index is -3.23. The first-order chi connectivity index (χ1) is 45.2. The van der Waals surface area contributed by atoms with Crippen molar-refractivity contribution < 1.29 is 193 Å². The van der Waals surface area contributed by atoms with Crippen LogP contribution in [0, 0.1) is 0 Å². The number of carboxylic acids is 1. The third-order valence-electron chi connectivity index (χ3n) is 17.1. The van der Waals surface area contributed by atoms with Gasteiger partial charge in [0, 0.05) is 34.1 Å². The number of carbonyl (C=O) groups excluding carboxylic acids is 4. The van der Waals surface area contributed by atoms with Gasteiger partial charge in [0.2, 0.25) is 23.6 Å². The van der Waals surface area contributed by atoms with Gasteiger partial charge < -0.3 is 190 Å². The molecule has 43 nitrogen and oxygen atoms in total. The molecule has 4 amide bonds. The van der Waals surface area contributed by atoms with Gasteiger partial charge >= 0.3 is 5.97 Å². The molecular formula is C53H88N4O39. The van der Waals surface area contributed by atoms with E-state index in [1.54, 1.807) is 0 Å². The maximum atomic E-state index is 13.1. The first-order valence-corrected chi connectivity index (χ1v) is 30.2. The van der Waals surface area contributed by atoms with Crippen LogP contribution in [-0.4, -0.2) is 403 Å². The van der Waals surface area contributed by atoms with E-state index >= 15 is 0 Å². The number of carbonyl (C=O) groups is 5. The first-order valence-electron chi connectivity index (χ1n) is 30.2. The molecule has 43 heteroatoms. The molecule has 0 bridgehead atoms. The summed E-state index contributed by atoms with van der Waals surface area (Å²) in [5.41, 5.74) is 0. The zero-order valence-corrected chi connectivity index (χ0v) is 51.6. The van der Waals surface area contributed by atoms with Crippen molar-refractivity contribution in [1.29, 1.82) is 0 Å². The average Bonchev–Trinajstić information content (AvgIpc) is 0.765. The molecule has 0 saturated carbocycles. The second kappa shape index (κ2) is 34.1. The Labute approximate surface area is 543 Å². The summed E-state index contributed by atoms with van der Waals surface area (Å²) < 4.78 is 74.9. The number of nitrogens with one attached hydrogen (secondary N) is 4. The number of hydrogen-bond acceptors (Lipinski definition) is 38. The van der Waals surface area contributed by atoms with Crippen molar-refractivity contribution >= 4 is 29.6 Å². The van der Waals surface area contributed by atoms with E-state index < -0.39 is 303 Å². The SMILES string of the molecule is CC(=O)N[C@@H]1[C@@H](O[C@@H]2O[C@H](CO)[C@H](O)[C@H](O)[C@H]2O)[C@@H](O)[C@@H](CO[C@@H]2O[C@H](CO)[C@@H](O[C@@H]3O[C@H](CO)[C@H](O)[C@H](O[C@@H]4O[C@H](CO)[C@@H](O[C@@H]5O[C@H](CO)[C@H](O)[C@H](O[C@]6(C(=O)O)C[C@H](O)[C@@H](NC(C)=O)[C@H]([C@H](O)[C@H](O)CO)O6)[C@H]5O)[C@H](O)[C@H]4NC(C)=O)[C@H]3O)[C@H](O)[C@H]2NC(C)=O)O[C@H]1O. The number of aliphatic carboxylic acids is 1. The summed E-state index contributed by atoms with van der Waals surface area (Å²) in [6.07, 6.45) is -64.1. The van der Waals surface area contributed by atoms with Crippen molar-refractivity contribution in [2.45, 2.75) is 254 Å². The van der Waals surface area contributed by atoms with Crippen LogP contribution in [-0.2, 0) is 85.6 Å². The summed E-state index contributed by atoms with van der Waals surface area (Å²) in [5.74, 6) is -8.77. The molecule has 0 unspecified atom stereocenters. The molecule has 7 rings (SSSR count). The smallest absolute Gasteiger partial charge is 0.364 e. The normalized spacial score (nSPS) is 46.0. The fraction of sp³-hybridized carbons (Fsp3) is 0.906. The maximum Gasteiger partial charge on any atom is 0.364 e. The molecule has 0 spiro atoms. The molecule has 0 radical (unpaired) electrons. The quantitative estimate of drug-likeness (QED) is 0.0382. The topological polar surface area (TPSA) is 678 Å². The van der Waals surface area contributed by atoms with E-state index in [0.29, 0.717) is 0 Å². The predicted octanol–water partition coefficient (Wildman–Crippen LogP) is -16.5. The Morgan fingerprint density at radius 2 is 0.823 bits per heavy atom. The standard InChI is InChI=1S/C53H88N4O39/c1-13(64)54-25-17(68)5-53(52(82)83,95-43(25)29(70)18(69)6-58)96-45-32(73)21(9-61)88-51(39(45)80)92-41-23(11-63)90-48(27(35(41)76)56-15(3)66)94-44-31(72)20(8-60)87-50(38(44)79)91-40-22(10-62)89-47(26(34(40)75)55-14(2)65)84-12-24-33(74)42(28(46(81)85-24)57-16(4)67)93-49-37(78)36(77)30(71)19(7-59)86-49/h17-51,58-63,68-81H,5-12H2,1-4H3,(H,54,64)(H,55,65)(H,56,66)(H,57,67)(H,82,83)/t17-,18+,19+,20+,21+,22+,23+,24+,25+,26+,27+,28+,29+,30-,31-,32-,33-,34+,35+,36-,37+,38+,39+,40+,41+,42+,43+,44-,45-,46+,47+,48-,49-,50-,51-,53-/m0/s1. The van der Waals surface area contributed by atoms with Crippen molar-refractivity contribution in [2.24, 2.45) is 0 Å². The lowest BCUT2D eigenvalue weighted by molar-refractivity contribution is -0.389. The van der Waals surface area contributed by atoms with Crippen LogP contribution in [0.25, 0.3) is 0 Å². The van der Waals surface area contributed by atoms with E-state index in [1.807, 2.05) is 0 Å². The van der Waals surface area contributed by atoms with Crippen LogP contribution >= 0.6 is 0 Å². The predicted molar refractivity (Wildman–Crippen MR) is 295 cm³/mol. The number of rotatable bonds is 26. The molecule has 7 saturated heterocycles. The Kier molecular flexibility index (Phi) is 28.2. The highest BCUT2D eigenvalue weighted by atomic mass is 16.8. The van der Waals surface area contributed by atoms with Crippen molar-refractivity contribution in [3.8, 4) is 0 Å². The van der Waals surface area contributed by atoms with Crippen molar-refractivity contribution in [1.82, 2.24) is 21.3 Å². The van der Waals surface area contributed by atoms with Gasteiger partial charge in [-0.15, -0.1) is 0 Å². The molecule has 0 aromatic carbocycles. The van der Waals surface area contributed by atoms with Gasteiger partial charge in [-0.3, -0.25) is 19.2 Å². The van der Waals surface area contributed by atoms with Gasteiger partial charge in [0.1, 0.15) is 165 Å². The van der Waals surface area contributed by atoms with Gasteiger partial charge in [-0.1, -0.05) is 0 Å². The Morgan fingerprint density at radius 3 is 1.30 bits per heavy atom. The number of amides is 4. The molecule has 96 heavy (non-hydrogen) atoms. The van der Waals surface area contributed by atoms with Crippen molar-refractivity contribution in [2.75, 3.05) is 46.2 Å². The molecule has 0 aliphatic carbocycles. The van der Waals surface area contributed by atoms with Gasteiger partial charge in [0.25, 0.3) is 5.79 Å². The molecule has 36 atom stereocenters.